The van der Waals surface area contributed by atoms with Crippen LogP contribution < -0.4 is 0 Å². The Bertz CT molecular complexity index is 3310. The molecule has 0 heteroatoms. The molecular weight excluding hydrogens is 841 g/mol. The summed E-state index contributed by atoms with van der Waals surface area (Å²) < 4.78 is 0. The largest absolute Gasteiger partial charge is 0.0616 e. The molecule has 0 amide bonds. The molecule has 70 heavy (non-hydrogen) atoms. The molecule has 0 unspecified atom stereocenters. The predicted octanol–water partition coefficient (Wildman–Crippen LogP) is 21.4. The van der Waals surface area contributed by atoms with Crippen LogP contribution >= 0.6 is 0 Å². The maximum absolute atomic E-state index is 2.48. The lowest BCUT2D eigenvalue weighted by molar-refractivity contribution is 0.807. The van der Waals surface area contributed by atoms with Gasteiger partial charge in [0, 0.05) is 0 Å². The first-order chi connectivity index (χ1) is 33.7. The van der Waals surface area contributed by atoms with Crippen LogP contribution in [0, 0.1) is 0 Å². The summed E-state index contributed by atoms with van der Waals surface area (Å²) in [6.07, 6.45) is 0. The zero-order valence-electron chi connectivity index (χ0n) is 43.6. The molecule has 0 aliphatic carbocycles. The minimum Gasteiger partial charge on any atom is -0.0616 e. The lowest BCUT2D eigenvalue weighted by atomic mass is 9.79. The summed E-state index contributed by atoms with van der Waals surface area (Å²) in [7, 11) is 0. The minimum absolute atomic E-state index is 0.403. The van der Waals surface area contributed by atoms with E-state index in [1.54, 1.807) is 0 Å². The van der Waals surface area contributed by atoms with Gasteiger partial charge in [-0.25, -0.2) is 0 Å². The summed E-state index contributed by atoms with van der Waals surface area (Å²) >= 11 is 0. The van der Waals surface area contributed by atoms with Crippen molar-refractivity contribution in [3.8, 4) is 55.6 Å². The van der Waals surface area contributed by atoms with Gasteiger partial charge in [0.15, 0.2) is 0 Å². The molecule has 0 fully saturated rings. The zero-order valence-corrected chi connectivity index (χ0v) is 43.6. The SMILES string of the molecule is CC(C)c1cc(C(C)C)c(-c2ccc(-c3ccc(-c4ccc(-c5ccc(-c6c(C(C)C)cc(C(C)C)cc6C(C)C)c6ccccc56)c5ccccc45)c4ccccc34)c3ccccc23)c(C(C)C)c1. The van der Waals surface area contributed by atoms with Gasteiger partial charge in [0.05, 0.1) is 0 Å². The third-order valence-corrected chi connectivity index (χ3v) is 15.4. The van der Waals surface area contributed by atoms with Gasteiger partial charge in [-0.05, 0) is 168 Å². The molecule has 10 aromatic carbocycles. The topological polar surface area (TPSA) is 0 Å². The van der Waals surface area contributed by atoms with E-state index in [1.807, 2.05) is 0 Å². The van der Waals surface area contributed by atoms with Crippen LogP contribution in [0.1, 0.15) is 152 Å². The van der Waals surface area contributed by atoms with E-state index >= 15 is 0 Å². The van der Waals surface area contributed by atoms with Crippen molar-refractivity contribution < 1.29 is 0 Å². The van der Waals surface area contributed by atoms with Gasteiger partial charge in [-0.1, -0.05) is 253 Å². The Morgan fingerprint density at radius 1 is 0.200 bits per heavy atom. The second-order valence-corrected chi connectivity index (χ2v) is 21.9. The second-order valence-electron chi connectivity index (χ2n) is 21.9. The van der Waals surface area contributed by atoms with E-state index in [9.17, 15) is 0 Å². The maximum atomic E-state index is 2.48. The fourth-order valence-electron chi connectivity index (χ4n) is 11.6. The van der Waals surface area contributed by atoms with Crippen molar-refractivity contribution in [2.45, 2.75) is 119 Å². The zero-order chi connectivity index (χ0) is 49.1. The Balaban J connectivity index is 1.12. The van der Waals surface area contributed by atoms with Crippen molar-refractivity contribution >= 4 is 43.1 Å². The molecule has 10 aromatic rings. The maximum Gasteiger partial charge on any atom is -0.00987 e. The van der Waals surface area contributed by atoms with Gasteiger partial charge in [0.1, 0.15) is 0 Å². The fraction of sp³-hybridized carbons (Fsp3) is 0.257. The third-order valence-electron chi connectivity index (χ3n) is 15.4. The van der Waals surface area contributed by atoms with E-state index in [0.717, 1.165) is 0 Å². The molecule has 0 nitrogen and oxygen atoms in total. The summed E-state index contributed by atoms with van der Waals surface area (Å²) in [6, 6.07) is 65.4. The van der Waals surface area contributed by atoms with Crippen LogP contribution in [0.3, 0.4) is 0 Å². The summed E-state index contributed by atoms with van der Waals surface area (Å²) in [4.78, 5) is 0. The van der Waals surface area contributed by atoms with Crippen molar-refractivity contribution in [2.24, 2.45) is 0 Å². The van der Waals surface area contributed by atoms with Gasteiger partial charge in [0.25, 0.3) is 0 Å². The lowest BCUT2D eigenvalue weighted by Gasteiger charge is -2.25. The van der Waals surface area contributed by atoms with Crippen molar-refractivity contribution in [2.75, 3.05) is 0 Å². The Kier molecular flexibility index (Phi) is 12.7. The van der Waals surface area contributed by atoms with Crippen LogP contribution in [0.15, 0.2) is 170 Å². The molecule has 0 radical (unpaired) electrons. The molecule has 0 aromatic heterocycles. The number of hydrogen-bond acceptors (Lipinski definition) is 0. The first-order valence-corrected chi connectivity index (χ1v) is 26.2. The summed E-state index contributed by atoms with van der Waals surface area (Å²) in [6.45, 7) is 28.1. The highest BCUT2D eigenvalue weighted by atomic mass is 14.3. The van der Waals surface area contributed by atoms with Crippen molar-refractivity contribution in [1.29, 1.82) is 0 Å². The molecule has 10 rings (SSSR count). The van der Waals surface area contributed by atoms with Gasteiger partial charge in [0.2, 0.25) is 0 Å². The molecule has 0 bridgehead atoms. The van der Waals surface area contributed by atoms with Crippen molar-refractivity contribution in [1.82, 2.24) is 0 Å². The summed E-state index contributed by atoms with van der Waals surface area (Å²) in [5.74, 6) is 2.56. The standard InChI is InChI=1S/C70H70/c1-41(2)47-37-65(43(5)6)69(66(38-47)44(7)8)63-35-33-61(53-25-17-19-27-55(53)63)59-31-29-57(49-21-13-15-23-51(49)59)58-30-32-60(52-24-16-14-22-50(52)58)62-34-36-64(56-28-20-18-26-54(56)62)70-67(45(9)10)39-48(42(3)4)40-68(70)46(11)12/h13-46H,1-12H3. The van der Waals surface area contributed by atoms with E-state index in [1.165, 1.54) is 132 Å². The van der Waals surface area contributed by atoms with Crippen molar-refractivity contribution in [3.05, 3.63) is 203 Å². The van der Waals surface area contributed by atoms with Crippen molar-refractivity contribution in [3.63, 3.8) is 0 Å². The number of fused-ring (bicyclic) bond motifs is 4. The lowest BCUT2D eigenvalue weighted by Crippen LogP contribution is -2.04. The van der Waals surface area contributed by atoms with E-state index in [2.05, 4.69) is 253 Å². The van der Waals surface area contributed by atoms with Gasteiger partial charge in [-0.15, -0.1) is 0 Å². The smallest absolute Gasteiger partial charge is 0.00987 e. The van der Waals surface area contributed by atoms with E-state index in [0.29, 0.717) is 35.5 Å². The number of rotatable bonds is 11. The van der Waals surface area contributed by atoms with Crippen LogP contribution in [-0.4, -0.2) is 0 Å². The van der Waals surface area contributed by atoms with Gasteiger partial charge in [-0.2, -0.15) is 0 Å². The van der Waals surface area contributed by atoms with E-state index in [4.69, 9.17) is 0 Å². The molecule has 0 saturated carbocycles. The molecule has 0 spiro atoms. The van der Waals surface area contributed by atoms with Gasteiger partial charge < -0.3 is 0 Å². The molecular formula is C70H70. The van der Waals surface area contributed by atoms with Crippen LogP contribution in [0.5, 0.6) is 0 Å². The van der Waals surface area contributed by atoms with Gasteiger partial charge >= 0.3 is 0 Å². The predicted molar refractivity (Wildman–Crippen MR) is 308 cm³/mol. The molecule has 0 atom stereocenters. The first-order valence-electron chi connectivity index (χ1n) is 26.2. The first kappa shape index (κ1) is 46.9. The quantitative estimate of drug-likeness (QED) is 0.121. The third kappa shape index (κ3) is 8.14. The normalized spacial score (nSPS) is 12.2. The molecule has 350 valence electrons. The molecule has 0 N–H and O–H groups in total. The molecule has 0 aliphatic heterocycles. The van der Waals surface area contributed by atoms with Gasteiger partial charge in [-0.3, -0.25) is 0 Å². The Labute approximate surface area is 418 Å². The van der Waals surface area contributed by atoms with E-state index < -0.39 is 0 Å². The highest BCUT2D eigenvalue weighted by Crippen LogP contribution is 2.48. The highest BCUT2D eigenvalue weighted by molar-refractivity contribution is 6.17. The average Bonchev–Trinajstić information content (AvgIpc) is 3.36. The Hall–Kier alpha value is -6.76. The average molecular weight is 911 g/mol. The Morgan fingerprint density at radius 3 is 0.543 bits per heavy atom. The minimum atomic E-state index is 0.403. The molecule has 0 heterocycles. The summed E-state index contributed by atoms with van der Waals surface area (Å²) in [5, 5.41) is 10.3. The second kappa shape index (κ2) is 18.9. The van der Waals surface area contributed by atoms with Crippen LogP contribution in [0.2, 0.25) is 0 Å². The number of hydrogen-bond donors (Lipinski definition) is 0. The molecule has 0 saturated heterocycles. The van der Waals surface area contributed by atoms with E-state index in [-0.39, 0.29) is 0 Å². The van der Waals surface area contributed by atoms with Crippen LogP contribution in [-0.2, 0) is 0 Å². The fourth-order valence-corrected chi connectivity index (χ4v) is 11.6. The van der Waals surface area contributed by atoms with Crippen LogP contribution in [0.4, 0.5) is 0 Å². The highest BCUT2D eigenvalue weighted by Gasteiger charge is 2.24. The Morgan fingerprint density at radius 2 is 0.371 bits per heavy atom. The number of benzene rings is 10. The van der Waals surface area contributed by atoms with Crippen LogP contribution in [0.25, 0.3) is 98.7 Å². The summed E-state index contributed by atoms with van der Waals surface area (Å²) in [5.41, 5.74) is 21.7. The monoisotopic (exact) mass is 911 g/mol. The molecule has 0 aliphatic rings.